The van der Waals surface area contributed by atoms with Crippen LogP contribution in [0.3, 0.4) is 0 Å². The summed E-state index contributed by atoms with van der Waals surface area (Å²) >= 11 is 0. The Bertz CT molecular complexity index is 412. The molecule has 0 heterocycles. The van der Waals surface area contributed by atoms with Gasteiger partial charge in [-0.05, 0) is 38.5 Å². The van der Waals surface area contributed by atoms with Gasteiger partial charge in [-0.1, -0.05) is 142 Å². The summed E-state index contributed by atoms with van der Waals surface area (Å²) in [4.78, 5) is 0. The van der Waals surface area contributed by atoms with E-state index in [0.29, 0.717) is 13.2 Å². The lowest BCUT2D eigenvalue weighted by Crippen LogP contribution is -2.29. The Labute approximate surface area is 227 Å². The number of rotatable bonds is 31. The molecule has 0 aromatic carbocycles. The van der Waals surface area contributed by atoms with E-state index in [1.807, 2.05) is 0 Å². The zero-order chi connectivity index (χ0) is 26.2. The first-order valence-corrected chi connectivity index (χ1v) is 16.4. The molecule has 2 N–H and O–H groups in total. The number of unbranched alkanes of at least 4 members (excludes halogenated alkanes) is 21. The van der Waals surface area contributed by atoms with E-state index in [-0.39, 0.29) is 6.10 Å². The number of allylic oxidation sites excluding steroid dienone is 2. The Morgan fingerprint density at radius 1 is 0.500 bits per heavy atom. The van der Waals surface area contributed by atoms with Gasteiger partial charge in [-0.3, -0.25) is 0 Å². The monoisotopic (exact) mass is 510 g/mol. The van der Waals surface area contributed by atoms with Crippen molar-refractivity contribution in [2.45, 2.75) is 174 Å². The minimum Gasteiger partial charge on any atom is -0.379 e. The van der Waals surface area contributed by atoms with E-state index in [4.69, 9.17) is 15.2 Å². The van der Waals surface area contributed by atoms with Crippen LogP contribution in [0.1, 0.15) is 168 Å². The molecule has 216 valence electrons. The van der Waals surface area contributed by atoms with Crippen LogP contribution < -0.4 is 5.73 Å². The van der Waals surface area contributed by atoms with Crippen LogP contribution in [-0.2, 0) is 9.47 Å². The third kappa shape index (κ3) is 29.8. The maximum Gasteiger partial charge on any atom is 0.0930 e. The molecule has 3 nitrogen and oxygen atoms in total. The summed E-state index contributed by atoms with van der Waals surface area (Å²) in [5.41, 5.74) is 5.87. The number of ether oxygens (including phenoxy) is 2. The number of nitrogens with two attached hydrogens (primary N) is 1. The molecule has 1 atom stereocenters. The highest BCUT2D eigenvalue weighted by Gasteiger charge is 2.06. The minimum absolute atomic E-state index is 0.0673. The van der Waals surface area contributed by atoms with Gasteiger partial charge in [-0.25, -0.2) is 0 Å². The molecule has 36 heavy (non-hydrogen) atoms. The van der Waals surface area contributed by atoms with E-state index in [9.17, 15) is 0 Å². The quantitative estimate of drug-likeness (QED) is 0.0746. The molecular weight excluding hydrogens is 442 g/mol. The fraction of sp³-hybridized carbons (Fsp3) is 0.939. The molecule has 0 aromatic heterocycles. The molecule has 0 rings (SSSR count). The van der Waals surface area contributed by atoms with Crippen molar-refractivity contribution in [1.82, 2.24) is 0 Å². The zero-order valence-electron chi connectivity index (χ0n) is 24.9. The van der Waals surface area contributed by atoms with E-state index in [2.05, 4.69) is 26.0 Å². The smallest absolute Gasteiger partial charge is 0.0930 e. The molecule has 0 radical (unpaired) electrons. The van der Waals surface area contributed by atoms with Gasteiger partial charge in [-0.15, -0.1) is 0 Å². The van der Waals surface area contributed by atoms with E-state index in [0.717, 1.165) is 26.1 Å². The van der Waals surface area contributed by atoms with Crippen LogP contribution in [0.15, 0.2) is 12.2 Å². The highest BCUT2D eigenvalue weighted by atomic mass is 16.5. The average molecular weight is 510 g/mol. The molecule has 0 fully saturated rings. The van der Waals surface area contributed by atoms with E-state index in [1.54, 1.807) is 0 Å². The van der Waals surface area contributed by atoms with Crippen LogP contribution in [0.4, 0.5) is 0 Å². The van der Waals surface area contributed by atoms with Crippen LogP contribution in [0.25, 0.3) is 0 Å². The van der Waals surface area contributed by atoms with Crippen molar-refractivity contribution in [2.24, 2.45) is 5.73 Å². The molecule has 0 aliphatic carbocycles. The van der Waals surface area contributed by atoms with Crippen molar-refractivity contribution in [3.63, 3.8) is 0 Å². The van der Waals surface area contributed by atoms with Gasteiger partial charge in [0.15, 0.2) is 0 Å². The van der Waals surface area contributed by atoms with Gasteiger partial charge >= 0.3 is 0 Å². The van der Waals surface area contributed by atoms with Crippen LogP contribution in [-0.4, -0.2) is 32.5 Å². The van der Waals surface area contributed by atoms with E-state index >= 15 is 0 Å². The first kappa shape index (κ1) is 35.6. The van der Waals surface area contributed by atoms with Crippen molar-refractivity contribution >= 4 is 0 Å². The maximum absolute atomic E-state index is 5.94. The second-order valence-electron chi connectivity index (χ2n) is 10.9. The summed E-state index contributed by atoms with van der Waals surface area (Å²) in [7, 11) is 0. The van der Waals surface area contributed by atoms with Gasteiger partial charge in [0.25, 0.3) is 0 Å². The van der Waals surface area contributed by atoms with Crippen LogP contribution >= 0.6 is 0 Å². The molecule has 0 saturated carbocycles. The fourth-order valence-electron chi connectivity index (χ4n) is 4.69. The van der Waals surface area contributed by atoms with E-state index < -0.39 is 0 Å². The average Bonchev–Trinajstić information content (AvgIpc) is 2.89. The molecule has 0 aromatic rings. The predicted molar refractivity (Wildman–Crippen MR) is 161 cm³/mol. The Morgan fingerprint density at radius 3 is 1.33 bits per heavy atom. The summed E-state index contributed by atoms with van der Waals surface area (Å²) in [6.07, 6.45) is 37.2. The summed E-state index contributed by atoms with van der Waals surface area (Å²) in [6, 6.07) is 0. The van der Waals surface area contributed by atoms with Crippen molar-refractivity contribution in [3.8, 4) is 0 Å². The molecular formula is C33H67NO2. The Morgan fingerprint density at radius 2 is 0.889 bits per heavy atom. The summed E-state index contributed by atoms with van der Waals surface area (Å²) in [6.45, 7) is 7.45. The SMILES string of the molecule is CCCCCCCC/C=C\CCCCCCCCOCC(CN)OCCCCCCCCCCCC. The van der Waals surface area contributed by atoms with Gasteiger partial charge in [0.05, 0.1) is 12.7 Å². The summed E-state index contributed by atoms with van der Waals surface area (Å²) in [5, 5.41) is 0. The van der Waals surface area contributed by atoms with Crippen LogP contribution in [0.2, 0.25) is 0 Å². The topological polar surface area (TPSA) is 44.5 Å². The lowest BCUT2D eigenvalue weighted by Gasteiger charge is -2.16. The van der Waals surface area contributed by atoms with Crippen molar-refractivity contribution < 1.29 is 9.47 Å². The molecule has 0 spiro atoms. The second kappa shape index (κ2) is 32.6. The first-order valence-electron chi connectivity index (χ1n) is 16.4. The lowest BCUT2D eigenvalue weighted by atomic mass is 10.1. The van der Waals surface area contributed by atoms with Gasteiger partial charge in [0, 0.05) is 19.8 Å². The molecule has 0 amide bonds. The maximum atomic E-state index is 5.94. The minimum atomic E-state index is 0.0673. The Kier molecular flexibility index (Phi) is 32.3. The third-order valence-corrected chi connectivity index (χ3v) is 7.22. The van der Waals surface area contributed by atoms with Crippen molar-refractivity contribution in [2.75, 3.05) is 26.4 Å². The standard InChI is InChI=1S/C33H67NO2/c1-3-5-7-9-11-13-15-16-17-18-19-20-21-23-25-27-29-35-32-33(31-34)36-30-28-26-24-22-14-12-10-8-6-4-2/h16-17,33H,3-15,18-32,34H2,1-2H3/b17-16-. The first-order chi connectivity index (χ1) is 17.8. The van der Waals surface area contributed by atoms with Crippen LogP contribution in [0, 0.1) is 0 Å². The molecule has 0 aliphatic rings. The Hall–Kier alpha value is -0.380. The lowest BCUT2D eigenvalue weighted by molar-refractivity contribution is -0.0136. The summed E-state index contributed by atoms with van der Waals surface area (Å²) in [5.74, 6) is 0. The van der Waals surface area contributed by atoms with Gasteiger partial charge in [-0.2, -0.15) is 0 Å². The highest BCUT2D eigenvalue weighted by Crippen LogP contribution is 2.12. The normalized spacial score (nSPS) is 12.6. The second-order valence-corrected chi connectivity index (χ2v) is 10.9. The van der Waals surface area contributed by atoms with Gasteiger partial charge in [0.2, 0.25) is 0 Å². The van der Waals surface area contributed by atoms with Gasteiger partial charge in [0.1, 0.15) is 0 Å². The number of hydrogen-bond acceptors (Lipinski definition) is 3. The third-order valence-electron chi connectivity index (χ3n) is 7.22. The van der Waals surface area contributed by atoms with Crippen LogP contribution in [0.5, 0.6) is 0 Å². The van der Waals surface area contributed by atoms with Crippen molar-refractivity contribution in [1.29, 1.82) is 0 Å². The molecule has 3 heteroatoms. The summed E-state index contributed by atoms with van der Waals surface area (Å²) < 4.78 is 11.8. The number of hydrogen-bond donors (Lipinski definition) is 1. The Balaban J connectivity index is 3.29. The molecule has 0 saturated heterocycles. The predicted octanol–water partition coefficient (Wildman–Crippen LogP) is 10.3. The van der Waals surface area contributed by atoms with E-state index in [1.165, 1.54) is 141 Å². The fourth-order valence-corrected chi connectivity index (χ4v) is 4.69. The van der Waals surface area contributed by atoms with Gasteiger partial charge < -0.3 is 15.2 Å². The molecule has 1 unspecified atom stereocenters. The molecule has 0 bridgehead atoms. The van der Waals surface area contributed by atoms with Crippen molar-refractivity contribution in [3.05, 3.63) is 12.2 Å². The largest absolute Gasteiger partial charge is 0.379 e. The molecule has 0 aliphatic heterocycles. The zero-order valence-corrected chi connectivity index (χ0v) is 24.9. The highest BCUT2D eigenvalue weighted by molar-refractivity contribution is 4.81.